The topological polar surface area (TPSA) is 54.5 Å². The second-order valence-electron chi connectivity index (χ2n) is 2.51. The molecule has 3 atom stereocenters. The standard InChI is InChI=1S/C6H10O4.CH4/c7-1-5-6(10-5)9-3-4-2-8-4;/h4-7H,1-3H2;1H4. The van der Waals surface area contributed by atoms with Crippen LogP contribution in [0.4, 0.5) is 0 Å². The number of aliphatic hydroxyl groups excluding tert-OH is 1. The van der Waals surface area contributed by atoms with E-state index in [0.29, 0.717) is 6.61 Å². The van der Waals surface area contributed by atoms with Gasteiger partial charge in [0.25, 0.3) is 0 Å². The Labute approximate surface area is 66.1 Å². The zero-order valence-corrected chi connectivity index (χ0v) is 5.53. The molecule has 0 aromatic heterocycles. The summed E-state index contributed by atoms with van der Waals surface area (Å²) in [5.74, 6) is 0. The zero-order chi connectivity index (χ0) is 6.97. The highest BCUT2D eigenvalue weighted by molar-refractivity contribution is 4.77. The van der Waals surface area contributed by atoms with Gasteiger partial charge in [0.15, 0.2) is 6.29 Å². The van der Waals surface area contributed by atoms with Gasteiger partial charge in [0.2, 0.25) is 0 Å². The maximum absolute atomic E-state index is 8.52. The molecule has 3 unspecified atom stereocenters. The van der Waals surface area contributed by atoms with Gasteiger partial charge in [0.05, 0.1) is 19.8 Å². The van der Waals surface area contributed by atoms with Crippen LogP contribution in [-0.4, -0.2) is 43.4 Å². The minimum atomic E-state index is -0.172. The molecule has 0 saturated carbocycles. The molecule has 0 aliphatic carbocycles. The number of rotatable bonds is 4. The van der Waals surface area contributed by atoms with Crippen LogP contribution in [0.5, 0.6) is 0 Å². The summed E-state index contributed by atoms with van der Waals surface area (Å²) in [4.78, 5) is 0. The maximum atomic E-state index is 8.52. The van der Waals surface area contributed by atoms with Crippen molar-refractivity contribution in [2.75, 3.05) is 19.8 Å². The van der Waals surface area contributed by atoms with Crippen molar-refractivity contribution in [2.45, 2.75) is 25.9 Å². The Bertz CT molecular complexity index is 124. The molecule has 1 N–H and O–H groups in total. The van der Waals surface area contributed by atoms with Crippen molar-refractivity contribution in [1.82, 2.24) is 0 Å². The average Bonchev–Trinajstić information content (AvgIpc) is 2.82. The number of ether oxygens (including phenoxy) is 3. The summed E-state index contributed by atoms with van der Waals surface area (Å²) in [6.07, 6.45) is 0.0245. The van der Waals surface area contributed by atoms with Gasteiger partial charge in [-0.05, 0) is 0 Å². The van der Waals surface area contributed by atoms with Crippen LogP contribution in [0.25, 0.3) is 0 Å². The van der Waals surface area contributed by atoms with Crippen molar-refractivity contribution in [3.63, 3.8) is 0 Å². The lowest BCUT2D eigenvalue weighted by molar-refractivity contribution is 0.0405. The van der Waals surface area contributed by atoms with Gasteiger partial charge in [-0.25, -0.2) is 0 Å². The smallest absolute Gasteiger partial charge is 0.186 e. The summed E-state index contributed by atoms with van der Waals surface area (Å²) < 4.78 is 15.0. The zero-order valence-electron chi connectivity index (χ0n) is 5.53. The molecular weight excluding hydrogens is 148 g/mol. The Hall–Kier alpha value is -0.160. The maximum Gasteiger partial charge on any atom is 0.186 e. The molecule has 66 valence electrons. The van der Waals surface area contributed by atoms with Crippen LogP contribution >= 0.6 is 0 Å². The predicted octanol–water partition coefficient (Wildman–Crippen LogP) is -0.245. The summed E-state index contributed by atoms with van der Waals surface area (Å²) in [6.45, 7) is 1.45. The summed E-state index contributed by atoms with van der Waals surface area (Å²) in [5, 5.41) is 8.52. The largest absolute Gasteiger partial charge is 0.393 e. The number of aliphatic hydroxyl groups is 1. The van der Waals surface area contributed by atoms with Crippen LogP contribution < -0.4 is 0 Å². The molecule has 0 amide bonds. The van der Waals surface area contributed by atoms with Crippen LogP contribution in [0.1, 0.15) is 7.43 Å². The fourth-order valence-electron chi connectivity index (χ4n) is 0.769. The average molecular weight is 162 g/mol. The second-order valence-corrected chi connectivity index (χ2v) is 2.51. The van der Waals surface area contributed by atoms with Crippen molar-refractivity contribution in [1.29, 1.82) is 0 Å². The van der Waals surface area contributed by atoms with E-state index < -0.39 is 0 Å². The van der Waals surface area contributed by atoms with Gasteiger partial charge in [0, 0.05) is 0 Å². The van der Waals surface area contributed by atoms with Crippen molar-refractivity contribution >= 4 is 0 Å². The Morgan fingerprint density at radius 2 is 2.27 bits per heavy atom. The van der Waals surface area contributed by atoms with E-state index in [4.69, 9.17) is 19.3 Å². The summed E-state index contributed by atoms with van der Waals surface area (Å²) in [6, 6.07) is 0. The molecule has 0 radical (unpaired) electrons. The van der Waals surface area contributed by atoms with E-state index in [1.807, 2.05) is 0 Å². The number of epoxide rings is 2. The molecule has 4 nitrogen and oxygen atoms in total. The third-order valence-electron chi connectivity index (χ3n) is 1.56. The van der Waals surface area contributed by atoms with Crippen molar-refractivity contribution < 1.29 is 19.3 Å². The minimum absolute atomic E-state index is 0. The molecular formula is C7H14O4. The van der Waals surface area contributed by atoms with Crippen molar-refractivity contribution in [3.05, 3.63) is 0 Å². The van der Waals surface area contributed by atoms with E-state index in [-0.39, 0.29) is 32.5 Å². The van der Waals surface area contributed by atoms with Crippen molar-refractivity contribution in [3.8, 4) is 0 Å². The van der Waals surface area contributed by atoms with Gasteiger partial charge in [-0.15, -0.1) is 0 Å². The fourth-order valence-corrected chi connectivity index (χ4v) is 0.769. The van der Waals surface area contributed by atoms with Crippen LogP contribution in [0.3, 0.4) is 0 Å². The number of hydrogen-bond donors (Lipinski definition) is 1. The van der Waals surface area contributed by atoms with Crippen LogP contribution in [0.2, 0.25) is 0 Å². The second kappa shape index (κ2) is 3.49. The summed E-state index contributed by atoms with van der Waals surface area (Å²) in [7, 11) is 0. The van der Waals surface area contributed by atoms with Gasteiger partial charge in [-0.3, -0.25) is 0 Å². The molecule has 2 aliphatic rings. The first-order chi connectivity index (χ1) is 4.90. The first-order valence-electron chi connectivity index (χ1n) is 3.39. The van der Waals surface area contributed by atoms with Gasteiger partial charge in [-0.2, -0.15) is 0 Å². The van der Waals surface area contributed by atoms with Gasteiger partial charge in [-0.1, -0.05) is 7.43 Å². The van der Waals surface area contributed by atoms with E-state index in [2.05, 4.69) is 0 Å². The predicted molar refractivity (Wildman–Crippen MR) is 38.2 cm³/mol. The lowest BCUT2D eigenvalue weighted by Gasteiger charge is -1.93. The molecule has 2 fully saturated rings. The third-order valence-corrected chi connectivity index (χ3v) is 1.56. The molecule has 0 aromatic rings. The third kappa shape index (κ3) is 2.41. The highest BCUT2D eigenvalue weighted by Gasteiger charge is 2.40. The van der Waals surface area contributed by atoms with E-state index in [1.165, 1.54) is 0 Å². The molecule has 0 spiro atoms. The Morgan fingerprint density at radius 3 is 2.73 bits per heavy atom. The molecule has 2 rings (SSSR count). The quantitative estimate of drug-likeness (QED) is 0.579. The Balaban J connectivity index is 0.000000605. The van der Waals surface area contributed by atoms with Crippen LogP contribution in [0, 0.1) is 0 Å². The van der Waals surface area contributed by atoms with Gasteiger partial charge < -0.3 is 19.3 Å². The highest BCUT2D eigenvalue weighted by Crippen LogP contribution is 2.23. The summed E-state index contributed by atoms with van der Waals surface area (Å²) >= 11 is 0. The lowest BCUT2D eigenvalue weighted by Crippen LogP contribution is -2.08. The SMILES string of the molecule is C.OCC1OC1OCC1CO1. The van der Waals surface area contributed by atoms with Crippen LogP contribution in [-0.2, 0) is 14.2 Å². The molecule has 0 aromatic carbocycles. The normalized spacial score (nSPS) is 39.5. The molecule has 4 heteroatoms. The molecule has 2 saturated heterocycles. The molecule has 0 bridgehead atoms. The van der Waals surface area contributed by atoms with E-state index >= 15 is 0 Å². The van der Waals surface area contributed by atoms with Crippen molar-refractivity contribution in [2.24, 2.45) is 0 Å². The van der Waals surface area contributed by atoms with E-state index in [9.17, 15) is 0 Å². The van der Waals surface area contributed by atoms with Crippen LogP contribution in [0.15, 0.2) is 0 Å². The lowest BCUT2D eigenvalue weighted by atomic mass is 10.5. The van der Waals surface area contributed by atoms with Gasteiger partial charge in [0.1, 0.15) is 12.2 Å². The summed E-state index contributed by atoms with van der Waals surface area (Å²) in [5.41, 5.74) is 0. The van der Waals surface area contributed by atoms with E-state index in [1.54, 1.807) is 0 Å². The molecule has 2 aliphatic heterocycles. The number of hydrogen-bond acceptors (Lipinski definition) is 4. The highest BCUT2D eigenvalue weighted by atomic mass is 16.8. The minimum Gasteiger partial charge on any atom is -0.393 e. The Kier molecular flexibility index (Phi) is 2.84. The first-order valence-corrected chi connectivity index (χ1v) is 3.39. The molecule has 11 heavy (non-hydrogen) atoms. The Morgan fingerprint density at radius 1 is 1.55 bits per heavy atom. The van der Waals surface area contributed by atoms with E-state index in [0.717, 1.165) is 6.61 Å². The first kappa shape index (κ1) is 8.93. The monoisotopic (exact) mass is 162 g/mol. The fraction of sp³-hybridized carbons (Fsp3) is 1.00. The molecule has 2 heterocycles. The van der Waals surface area contributed by atoms with Gasteiger partial charge >= 0.3 is 0 Å².